The van der Waals surface area contributed by atoms with E-state index in [1.807, 2.05) is 18.2 Å². The second-order valence-electron chi connectivity index (χ2n) is 15.8. The Balaban J connectivity index is 1.09. The number of rotatable bonds is 8. The minimum atomic E-state index is -0.437. The second-order valence-corrected chi connectivity index (χ2v) is 15.8. The Labute approximate surface area is 320 Å². The molecule has 2 amide bonds. The molecule has 2 saturated heterocycles. The summed E-state index contributed by atoms with van der Waals surface area (Å²) in [4.78, 5) is 55.9. The van der Waals surface area contributed by atoms with E-state index in [1.165, 1.54) is 15.8 Å². The largest absolute Gasteiger partial charge is 0.392 e. The average molecular weight is 746 g/mol. The van der Waals surface area contributed by atoms with Crippen molar-refractivity contribution in [1.29, 1.82) is 0 Å². The second kappa shape index (κ2) is 14.3. The number of nitrogens with zero attached hydrogens (tertiary/aromatic N) is 7. The summed E-state index contributed by atoms with van der Waals surface area (Å²) in [6.07, 6.45) is 5.07. The SMILES string of the molecule is CC#CC(=O)Nc1cc(Nc2nc(-c3ccnc(N4CCn5c(cc6c5CC(C)(C)C6)C4=O)c3CO)cn(C)c2=O)ccc1N1CCN(C2COC2)C[C@@H]1C. The van der Waals surface area contributed by atoms with E-state index in [0.29, 0.717) is 58.8 Å². The van der Waals surface area contributed by atoms with E-state index in [1.54, 1.807) is 43.4 Å². The lowest BCUT2D eigenvalue weighted by Crippen LogP contribution is -2.59. The molecule has 3 aliphatic heterocycles. The normalized spacial score (nSPS) is 19.3. The van der Waals surface area contributed by atoms with Crippen LogP contribution in [0.1, 0.15) is 55.0 Å². The van der Waals surface area contributed by atoms with Crippen molar-refractivity contribution in [1.82, 2.24) is 24.0 Å². The van der Waals surface area contributed by atoms with Crippen LogP contribution in [-0.4, -0.2) is 92.4 Å². The molecule has 4 aromatic rings. The molecule has 55 heavy (non-hydrogen) atoms. The Morgan fingerprint density at radius 2 is 1.91 bits per heavy atom. The van der Waals surface area contributed by atoms with Gasteiger partial charge in [-0.05, 0) is 73.9 Å². The van der Waals surface area contributed by atoms with Crippen LogP contribution in [0.3, 0.4) is 0 Å². The fraction of sp³-hybridized carbons (Fsp3) is 0.439. The quantitative estimate of drug-likeness (QED) is 0.229. The molecule has 1 atom stereocenters. The van der Waals surface area contributed by atoms with Crippen molar-refractivity contribution in [3.8, 4) is 23.1 Å². The van der Waals surface area contributed by atoms with Crippen molar-refractivity contribution in [2.24, 2.45) is 12.5 Å². The fourth-order valence-corrected chi connectivity index (χ4v) is 8.52. The van der Waals surface area contributed by atoms with Crippen molar-refractivity contribution in [2.45, 2.75) is 65.8 Å². The minimum Gasteiger partial charge on any atom is -0.392 e. The fourth-order valence-electron chi connectivity index (χ4n) is 8.52. The van der Waals surface area contributed by atoms with Gasteiger partial charge in [-0.2, -0.15) is 0 Å². The van der Waals surface area contributed by atoms with Crippen molar-refractivity contribution >= 4 is 40.5 Å². The first-order valence-electron chi connectivity index (χ1n) is 18.9. The highest BCUT2D eigenvalue weighted by molar-refractivity contribution is 6.07. The van der Waals surface area contributed by atoms with E-state index in [4.69, 9.17) is 9.72 Å². The number of ether oxygens (including phenoxy) is 1. The molecule has 1 aromatic carbocycles. The van der Waals surface area contributed by atoms with Crippen LogP contribution in [0.2, 0.25) is 0 Å². The average Bonchev–Trinajstić information content (AvgIpc) is 3.62. The van der Waals surface area contributed by atoms with Gasteiger partial charge in [0.05, 0.1) is 42.9 Å². The number of aryl methyl sites for hydroxylation is 1. The number of carbonyl (C=O) groups excluding carboxylic acids is 2. The highest BCUT2D eigenvalue weighted by atomic mass is 16.5. The van der Waals surface area contributed by atoms with Crippen LogP contribution in [-0.2, 0) is 42.6 Å². The molecule has 0 radical (unpaired) electrons. The standard InChI is InChI=1S/C41H47N9O5/c1-6-7-36(52)44-31-17-27(8-9-33(31)48-13-12-47(20-25(48)2)28-23-55-24-28)43-37-40(54)46(5)21-32(45-37)29-10-11-42-38(30(29)22-51)50-15-14-49-34(39(50)53)16-26-18-41(3,4)19-35(26)49/h8-11,16-17,21,25,28,51H,12-15,18-20,22-24H2,1-5H3,(H,43,45)(H,44,52)/t25-/m0/s1. The van der Waals surface area contributed by atoms with Gasteiger partial charge in [-0.3, -0.25) is 24.2 Å². The van der Waals surface area contributed by atoms with E-state index in [0.717, 1.165) is 51.4 Å². The third-order valence-corrected chi connectivity index (χ3v) is 11.3. The smallest absolute Gasteiger partial charge is 0.300 e. The molecule has 2 fully saturated rings. The maximum atomic E-state index is 14.0. The van der Waals surface area contributed by atoms with Gasteiger partial charge >= 0.3 is 0 Å². The highest BCUT2D eigenvalue weighted by Crippen LogP contribution is 2.40. The van der Waals surface area contributed by atoms with Crippen LogP contribution in [0.5, 0.6) is 0 Å². The van der Waals surface area contributed by atoms with Gasteiger partial charge in [0.15, 0.2) is 5.82 Å². The summed E-state index contributed by atoms with van der Waals surface area (Å²) in [6, 6.07) is 9.96. The predicted octanol–water partition coefficient (Wildman–Crippen LogP) is 3.54. The number of pyridine rings is 1. The maximum absolute atomic E-state index is 14.0. The lowest BCUT2D eigenvalue weighted by Gasteiger charge is -2.46. The zero-order valence-electron chi connectivity index (χ0n) is 32.0. The van der Waals surface area contributed by atoms with Gasteiger partial charge in [0, 0.05) is 80.7 Å². The molecule has 6 heterocycles. The number of benzene rings is 1. The van der Waals surface area contributed by atoms with E-state index in [-0.39, 0.29) is 28.7 Å². The summed E-state index contributed by atoms with van der Waals surface area (Å²) in [7, 11) is 1.64. The topological polar surface area (TPSA) is 150 Å². The van der Waals surface area contributed by atoms with Crippen LogP contribution in [0.15, 0.2) is 47.5 Å². The molecule has 1 aliphatic carbocycles. The number of fused-ring (bicyclic) bond motifs is 3. The molecule has 4 aliphatic rings. The van der Waals surface area contributed by atoms with Gasteiger partial charge in [-0.25, -0.2) is 9.97 Å². The van der Waals surface area contributed by atoms with E-state index in [2.05, 4.69) is 62.6 Å². The van der Waals surface area contributed by atoms with Gasteiger partial charge in [0.1, 0.15) is 11.5 Å². The molecule has 286 valence electrons. The summed E-state index contributed by atoms with van der Waals surface area (Å²) in [5, 5.41) is 16.9. The van der Waals surface area contributed by atoms with Crippen LogP contribution in [0.25, 0.3) is 11.3 Å². The number of hydrogen-bond donors (Lipinski definition) is 3. The monoisotopic (exact) mass is 745 g/mol. The maximum Gasteiger partial charge on any atom is 0.300 e. The molecular weight excluding hydrogens is 699 g/mol. The Hall–Kier alpha value is -5.49. The molecule has 0 unspecified atom stereocenters. The Kier molecular flexibility index (Phi) is 9.48. The van der Waals surface area contributed by atoms with Gasteiger partial charge in [-0.1, -0.05) is 19.8 Å². The number of carbonyl (C=O) groups is 2. The molecule has 3 N–H and O–H groups in total. The Morgan fingerprint density at radius 1 is 1.09 bits per heavy atom. The van der Waals surface area contributed by atoms with Crippen molar-refractivity contribution in [2.75, 3.05) is 59.8 Å². The molecule has 14 nitrogen and oxygen atoms in total. The lowest BCUT2D eigenvalue weighted by molar-refractivity contribution is -0.111. The first-order chi connectivity index (χ1) is 26.4. The number of anilines is 5. The zero-order chi connectivity index (χ0) is 38.6. The summed E-state index contributed by atoms with van der Waals surface area (Å²) < 4.78 is 8.99. The lowest BCUT2D eigenvalue weighted by atomic mass is 9.90. The van der Waals surface area contributed by atoms with Crippen LogP contribution < -0.4 is 26.0 Å². The summed E-state index contributed by atoms with van der Waals surface area (Å²) in [6.45, 7) is 13.0. The van der Waals surface area contributed by atoms with Gasteiger partial charge in [-0.15, -0.1) is 0 Å². The van der Waals surface area contributed by atoms with Gasteiger partial charge < -0.3 is 34.5 Å². The number of piperazine rings is 1. The van der Waals surface area contributed by atoms with Crippen LogP contribution in [0.4, 0.5) is 28.7 Å². The minimum absolute atomic E-state index is 0.0506. The first-order valence-corrected chi connectivity index (χ1v) is 18.9. The third kappa shape index (κ3) is 6.77. The van der Waals surface area contributed by atoms with Crippen LogP contribution >= 0.6 is 0 Å². The summed E-state index contributed by atoms with van der Waals surface area (Å²) in [5.74, 6) is 5.05. The molecular formula is C41H47N9O5. The Morgan fingerprint density at radius 3 is 2.64 bits per heavy atom. The van der Waals surface area contributed by atoms with Crippen LogP contribution in [0, 0.1) is 17.3 Å². The zero-order valence-corrected chi connectivity index (χ0v) is 32.0. The van der Waals surface area contributed by atoms with Crippen molar-refractivity contribution < 1.29 is 19.4 Å². The van der Waals surface area contributed by atoms with E-state index >= 15 is 0 Å². The molecule has 0 spiro atoms. The number of hydrogen-bond acceptors (Lipinski definition) is 10. The molecule has 0 saturated carbocycles. The highest BCUT2D eigenvalue weighted by Gasteiger charge is 2.38. The molecule has 8 rings (SSSR count). The number of nitrogens with one attached hydrogen (secondary N) is 2. The van der Waals surface area contributed by atoms with E-state index < -0.39 is 12.5 Å². The van der Waals surface area contributed by atoms with E-state index in [9.17, 15) is 19.5 Å². The van der Waals surface area contributed by atoms with Gasteiger partial charge in [0.2, 0.25) is 0 Å². The number of amides is 2. The number of aromatic nitrogens is 4. The van der Waals surface area contributed by atoms with Crippen molar-refractivity contribution in [3.05, 3.63) is 75.6 Å². The number of aliphatic hydroxyl groups excluding tert-OH is 1. The molecule has 0 bridgehead atoms. The summed E-state index contributed by atoms with van der Waals surface area (Å²) in [5.41, 5.74) is 6.25. The first kappa shape index (κ1) is 36.5. The third-order valence-electron chi connectivity index (χ3n) is 11.3. The Bertz CT molecular complexity index is 2310. The molecule has 3 aromatic heterocycles. The number of aliphatic hydroxyl groups is 1. The molecule has 14 heteroatoms. The van der Waals surface area contributed by atoms with Gasteiger partial charge in [0.25, 0.3) is 17.4 Å². The predicted molar refractivity (Wildman–Crippen MR) is 211 cm³/mol. The summed E-state index contributed by atoms with van der Waals surface area (Å²) >= 11 is 0. The van der Waals surface area contributed by atoms with Crippen molar-refractivity contribution in [3.63, 3.8) is 0 Å².